The summed E-state index contributed by atoms with van der Waals surface area (Å²) in [6.07, 6.45) is 2.48. The van der Waals surface area contributed by atoms with Crippen LogP contribution in [0.5, 0.6) is 0 Å². The average Bonchev–Trinajstić information content (AvgIpc) is 2.94. The van der Waals surface area contributed by atoms with Crippen molar-refractivity contribution in [2.45, 2.75) is 25.7 Å². The number of H-pyrrole nitrogens is 1. The van der Waals surface area contributed by atoms with Crippen molar-refractivity contribution in [1.82, 2.24) is 9.97 Å². The number of nitrogens with zero attached hydrogens (tertiary/aromatic N) is 1. The summed E-state index contributed by atoms with van der Waals surface area (Å²) in [6.45, 7) is 1.89. The molecule has 1 heterocycles. The number of thiocarbonyl (C=S) groups is 1. The van der Waals surface area contributed by atoms with Gasteiger partial charge in [-0.3, -0.25) is 4.79 Å². The minimum absolute atomic E-state index is 0.0544. The minimum Gasteiger partial charge on any atom is -0.469 e. The van der Waals surface area contributed by atoms with Crippen LogP contribution in [0.3, 0.4) is 0 Å². The zero-order valence-corrected chi connectivity index (χ0v) is 14.0. The Bertz CT molecular complexity index is 684. The van der Waals surface area contributed by atoms with Crippen molar-refractivity contribution < 1.29 is 9.53 Å². The molecule has 0 aliphatic carbocycles. The number of ether oxygens (including phenoxy) is 1. The summed E-state index contributed by atoms with van der Waals surface area (Å²) in [5, 5.41) is 0.713. The SMILES string of the molecule is COC(=O)Cc1cnc(C(Cc2ccccc2Cl)C(C)=S)[nH]1. The fourth-order valence-corrected chi connectivity index (χ4v) is 2.60. The van der Waals surface area contributed by atoms with Gasteiger partial charge in [-0.15, -0.1) is 0 Å². The fraction of sp³-hybridized carbons (Fsp3) is 0.312. The first-order chi connectivity index (χ1) is 10.5. The van der Waals surface area contributed by atoms with Crippen LogP contribution in [0.2, 0.25) is 5.02 Å². The van der Waals surface area contributed by atoms with Crippen LogP contribution in [0, 0.1) is 0 Å². The molecule has 1 aromatic heterocycles. The first-order valence-corrected chi connectivity index (χ1v) is 7.64. The molecular weight excluding hydrogens is 320 g/mol. The van der Waals surface area contributed by atoms with E-state index in [0.717, 1.165) is 16.3 Å². The number of benzene rings is 1. The number of aromatic nitrogens is 2. The third-order valence-corrected chi connectivity index (χ3v) is 4.07. The molecule has 0 fully saturated rings. The summed E-state index contributed by atoms with van der Waals surface area (Å²) in [5.74, 6) is 0.379. The molecule has 22 heavy (non-hydrogen) atoms. The van der Waals surface area contributed by atoms with Crippen LogP contribution in [0.1, 0.15) is 29.9 Å². The molecule has 0 saturated heterocycles. The minimum atomic E-state index is -0.308. The van der Waals surface area contributed by atoms with E-state index in [9.17, 15) is 4.79 Å². The Morgan fingerprint density at radius 2 is 2.18 bits per heavy atom. The van der Waals surface area contributed by atoms with Crippen LogP contribution in [0.15, 0.2) is 30.5 Å². The number of halogens is 1. The summed E-state index contributed by atoms with van der Waals surface area (Å²) < 4.78 is 4.65. The fourth-order valence-electron chi connectivity index (χ4n) is 2.19. The van der Waals surface area contributed by atoms with Crippen molar-refractivity contribution in [2.75, 3.05) is 7.11 Å². The quantitative estimate of drug-likeness (QED) is 0.648. The molecule has 1 aromatic carbocycles. The number of aromatic amines is 1. The first kappa shape index (κ1) is 16.6. The smallest absolute Gasteiger partial charge is 0.311 e. The van der Waals surface area contributed by atoms with Gasteiger partial charge in [0.1, 0.15) is 5.82 Å². The number of hydrogen-bond donors (Lipinski definition) is 1. The molecule has 0 aliphatic heterocycles. The summed E-state index contributed by atoms with van der Waals surface area (Å²) in [4.78, 5) is 19.6. The van der Waals surface area contributed by atoms with E-state index in [2.05, 4.69) is 14.7 Å². The van der Waals surface area contributed by atoms with Gasteiger partial charge in [0.25, 0.3) is 0 Å². The molecule has 116 valence electrons. The van der Waals surface area contributed by atoms with Crippen molar-refractivity contribution >= 4 is 34.7 Å². The van der Waals surface area contributed by atoms with Gasteiger partial charge in [-0.2, -0.15) is 0 Å². The molecule has 1 atom stereocenters. The summed E-state index contributed by atoms with van der Waals surface area (Å²) >= 11 is 11.6. The molecule has 1 unspecified atom stereocenters. The summed E-state index contributed by atoms with van der Waals surface area (Å²) in [7, 11) is 1.36. The van der Waals surface area contributed by atoms with Gasteiger partial charge in [0.2, 0.25) is 0 Å². The maximum atomic E-state index is 11.3. The Morgan fingerprint density at radius 3 is 2.82 bits per heavy atom. The molecule has 6 heteroatoms. The van der Waals surface area contributed by atoms with E-state index < -0.39 is 0 Å². The molecule has 0 bridgehead atoms. The summed E-state index contributed by atoms with van der Waals surface area (Å²) in [6, 6.07) is 7.68. The molecule has 0 spiro atoms. The van der Waals surface area contributed by atoms with Gasteiger partial charge >= 0.3 is 5.97 Å². The normalized spacial score (nSPS) is 12.0. The highest BCUT2D eigenvalue weighted by Gasteiger charge is 2.19. The van der Waals surface area contributed by atoms with E-state index in [1.807, 2.05) is 31.2 Å². The van der Waals surface area contributed by atoms with Crippen molar-refractivity contribution in [1.29, 1.82) is 0 Å². The predicted molar refractivity (Wildman–Crippen MR) is 90.5 cm³/mol. The lowest BCUT2D eigenvalue weighted by Crippen LogP contribution is -2.13. The number of imidazole rings is 1. The van der Waals surface area contributed by atoms with Crippen LogP contribution in [0.25, 0.3) is 0 Å². The molecule has 0 amide bonds. The lowest BCUT2D eigenvalue weighted by molar-refractivity contribution is -0.139. The Morgan fingerprint density at radius 1 is 1.45 bits per heavy atom. The van der Waals surface area contributed by atoms with Crippen molar-refractivity contribution in [3.05, 3.63) is 52.6 Å². The Hall–Kier alpha value is -1.72. The number of esters is 1. The largest absolute Gasteiger partial charge is 0.469 e. The van der Waals surface area contributed by atoms with Crippen LogP contribution < -0.4 is 0 Å². The van der Waals surface area contributed by atoms with E-state index in [1.54, 1.807) is 6.20 Å². The number of methoxy groups -OCH3 is 1. The molecule has 0 aliphatic rings. The van der Waals surface area contributed by atoms with Crippen LogP contribution in [-0.2, 0) is 22.4 Å². The Labute approximate surface area is 139 Å². The van der Waals surface area contributed by atoms with Crippen LogP contribution in [0.4, 0.5) is 0 Å². The van der Waals surface area contributed by atoms with E-state index >= 15 is 0 Å². The predicted octanol–water partition coefficient (Wildman–Crippen LogP) is 3.49. The van der Waals surface area contributed by atoms with Gasteiger partial charge in [0.15, 0.2) is 0 Å². The van der Waals surface area contributed by atoms with E-state index in [4.69, 9.17) is 23.8 Å². The molecule has 0 radical (unpaired) electrons. The highest BCUT2D eigenvalue weighted by molar-refractivity contribution is 7.80. The summed E-state index contributed by atoms with van der Waals surface area (Å²) in [5.41, 5.74) is 1.73. The number of hydrogen-bond acceptors (Lipinski definition) is 4. The number of carbonyl (C=O) groups excluding carboxylic acids is 1. The van der Waals surface area contributed by atoms with Gasteiger partial charge in [0, 0.05) is 21.8 Å². The first-order valence-electron chi connectivity index (χ1n) is 6.85. The van der Waals surface area contributed by atoms with Gasteiger partial charge in [-0.05, 0) is 25.0 Å². The number of rotatable bonds is 6. The van der Waals surface area contributed by atoms with Gasteiger partial charge in [0.05, 0.1) is 19.4 Å². The van der Waals surface area contributed by atoms with E-state index in [-0.39, 0.29) is 18.3 Å². The van der Waals surface area contributed by atoms with Gasteiger partial charge in [-0.1, -0.05) is 42.0 Å². The maximum Gasteiger partial charge on any atom is 0.311 e. The topological polar surface area (TPSA) is 55.0 Å². The second-order valence-corrected chi connectivity index (χ2v) is 6.06. The molecule has 4 nitrogen and oxygen atoms in total. The zero-order chi connectivity index (χ0) is 16.1. The van der Waals surface area contributed by atoms with E-state index in [0.29, 0.717) is 17.1 Å². The number of nitrogens with one attached hydrogen (secondary N) is 1. The van der Waals surface area contributed by atoms with E-state index in [1.165, 1.54) is 7.11 Å². The lowest BCUT2D eigenvalue weighted by Gasteiger charge is -2.14. The highest BCUT2D eigenvalue weighted by atomic mass is 35.5. The monoisotopic (exact) mass is 336 g/mol. The Balaban J connectivity index is 2.20. The lowest BCUT2D eigenvalue weighted by atomic mass is 9.96. The molecular formula is C16H17ClN2O2S. The van der Waals surface area contributed by atoms with Gasteiger partial charge in [-0.25, -0.2) is 4.98 Å². The second-order valence-electron chi connectivity index (χ2n) is 5.01. The van der Waals surface area contributed by atoms with Crippen LogP contribution >= 0.6 is 23.8 Å². The van der Waals surface area contributed by atoms with Crippen molar-refractivity contribution in [3.63, 3.8) is 0 Å². The standard InChI is InChI=1S/C16H17ClN2O2S/c1-10(22)13(7-11-5-3-4-6-14(11)17)16-18-9-12(19-16)8-15(20)21-2/h3-6,9,13H,7-8H2,1-2H3,(H,18,19). The van der Waals surface area contributed by atoms with Crippen molar-refractivity contribution in [3.8, 4) is 0 Å². The number of carbonyl (C=O) groups is 1. The third-order valence-electron chi connectivity index (χ3n) is 3.41. The second kappa shape index (κ2) is 7.51. The zero-order valence-electron chi connectivity index (χ0n) is 12.4. The molecule has 0 saturated carbocycles. The van der Waals surface area contributed by atoms with Gasteiger partial charge < -0.3 is 9.72 Å². The molecule has 2 aromatic rings. The van der Waals surface area contributed by atoms with Crippen molar-refractivity contribution in [2.24, 2.45) is 0 Å². The Kier molecular flexibility index (Phi) is 5.69. The maximum absolute atomic E-state index is 11.3. The van der Waals surface area contributed by atoms with Crippen LogP contribution in [-0.4, -0.2) is 27.9 Å². The average molecular weight is 337 g/mol. The third kappa shape index (κ3) is 4.15. The molecule has 1 N–H and O–H groups in total. The molecule has 2 rings (SSSR count). The highest BCUT2D eigenvalue weighted by Crippen LogP contribution is 2.25.